The summed E-state index contributed by atoms with van der Waals surface area (Å²) in [6.07, 6.45) is 0. The molecule has 6 nitrogen and oxygen atoms in total. The van der Waals surface area contributed by atoms with E-state index in [4.69, 9.17) is 5.73 Å². The van der Waals surface area contributed by atoms with Crippen LogP contribution in [0.1, 0.15) is 31.5 Å². The summed E-state index contributed by atoms with van der Waals surface area (Å²) in [4.78, 5) is 19.2. The molecule has 2 heterocycles. The molecular weight excluding hydrogens is 286 g/mol. The second-order valence-corrected chi connectivity index (χ2v) is 7.14. The molecule has 0 unspecified atom stereocenters. The molecule has 21 heavy (non-hydrogen) atoms. The van der Waals surface area contributed by atoms with Gasteiger partial charge >= 0.3 is 0 Å². The van der Waals surface area contributed by atoms with E-state index in [-0.39, 0.29) is 11.0 Å². The quantitative estimate of drug-likeness (QED) is 0.869. The van der Waals surface area contributed by atoms with Gasteiger partial charge in [0.1, 0.15) is 5.01 Å². The first-order valence-electron chi connectivity index (χ1n) is 7.13. The van der Waals surface area contributed by atoms with Crippen molar-refractivity contribution in [2.45, 2.75) is 34.2 Å². The van der Waals surface area contributed by atoms with Crippen molar-refractivity contribution in [2.24, 2.45) is 11.1 Å². The zero-order chi connectivity index (χ0) is 15.6. The van der Waals surface area contributed by atoms with Gasteiger partial charge in [0, 0.05) is 18.3 Å². The molecule has 116 valence electrons. The summed E-state index contributed by atoms with van der Waals surface area (Å²) in [5.74, 6) is 0. The molecule has 0 saturated carbocycles. The Bertz CT molecular complexity index is 676. The van der Waals surface area contributed by atoms with E-state index in [1.807, 2.05) is 6.92 Å². The van der Waals surface area contributed by atoms with Crippen molar-refractivity contribution < 1.29 is 0 Å². The standard InChI is InChI=1S/C14H23N5OS/c1-5-18(9-14(3,4)8-15)7-11-17-19-12(20)6-10(2)16-13(19)21-11/h6H,5,7-9,15H2,1-4H3. The van der Waals surface area contributed by atoms with Crippen LogP contribution in [0, 0.1) is 12.3 Å². The van der Waals surface area contributed by atoms with Gasteiger partial charge in [-0.3, -0.25) is 9.69 Å². The predicted octanol–water partition coefficient (Wildman–Crippen LogP) is 1.27. The van der Waals surface area contributed by atoms with Crippen molar-refractivity contribution in [1.29, 1.82) is 0 Å². The zero-order valence-corrected chi connectivity index (χ0v) is 13.9. The lowest BCUT2D eigenvalue weighted by molar-refractivity contribution is 0.183. The molecule has 2 aromatic rings. The SMILES string of the molecule is CCN(Cc1nn2c(=O)cc(C)nc2s1)CC(C)(C)CN. The highest BCUT2D eigenvalue weighted by atomic mass is 32.1. The fourth-order valence-corrected chi connectivity index (χ4v) is 3.15. The minimum atomic E-state index is -0.120. The Morgan fingerprint density at radius 3 is 2.81 bits per heavy atom. The predicted molar refractivity (Wildman–Crippen MR) is 85.7 cm³/mol. The van der Waals surface area contributed by atoms with Gasteiger partial charge in [-0.25, -0.2) is 4.98 Å². The maximum absolute atomic E-state index is 11.9. The molecule has 0 aliphatic rings. The molecule has 0 aliphatic carbocycles. The van der Waals surface area contributed by atoms with Crippen molar-refractivity contribution in [3.63, 3.8) is 0 Å². The van der Waals surface area contributed by atoms with Gasteiger partial charge in [0.15, 0.2) is 0 Å². The molecule has 0 bridgehead atoms. The Labute approximate surface area is 128 Å². The Morgan fingerprint density at radius 1 is 1.48 bits per heavy atom. The minimum absolute atomic E-state index is 0.0678. The number of aromatic nitrogens is 3. The average molecular weight is 309 g/mol. The van der Waals surface area contributed by atoms with Gasteiger partial charge in [-0.15, -0.1) is 0 Å². The van der Waals surface area contributed by atoms with Crippen molar-refractivity contribution in [3.8, 4) is 0 Å². The highest BCUT2D eigenvalue weighted by Crippen LogP contribution is 2.18. The van der Waals surface area contributed by atoms with E-state index >= 15 is 0 Å². The van der Waals surface area contributed by atoms with Crippen LogP contribution in [-0.4, -0.2) is 39.1 Å². The molecule has 7 heteroatoms. The van der Waals surface area contributed by atoms with Gasteiger partial charge in [-0.05, 0) is 25.4 Å². The lowest BCUT2D eigenvalue weighted by Gasteiger charge is -2.30. The van der Waals surface area contributed by atoms with Gasteiger partial charge in [0.05, 0.1) is 6.54 Å². The molecule has 2 rings (SSSR count). The Hall–Kier alpha value is -1.31. The van der Waals surface area contributed by atoms with Crippen LogP contribution in [0.5, 0.6) is 0 Å². The lowest BCUT2D eigenvalue weighted by atomic mass is 9.93. The van der Waals surface area contributed by atoms with E-state index in [0.29, 0.717) is 18.1 Å². The molecular formula is C14H23N5OS. The van der Waals surface area contributed by atoms with E-state index in [9.17, 15) is 4.79 Å². The Balaban J connectivity index is 2.22. The average Bonchev–Trinajstić information content (AvgIpc) is 2.80. The summed E-state index contributed by atoms with van der Waals surface area (Å²) in [6, 6.07) is 1.51. The summed E-state index contributed by atoms with van der Waals surface area (Å²) in [6.45, 7) is 11.4. The first-order valence-corrected chi connectivity index (χ1v) is 7.95. The molecule has 0 atom stereocenters. The second-order valence-electron chi connectivity index (χ2n) is 6.10. The van der Waals surface area contributed by atoms with E-state index in [1.165, 1.54) is 21.9 Å². The van der Waals surface area contributed by atoms with Crippen LogP contribution >= 0.6 is 11.3 Å². The van der Waals surface area contributed by atoms with Gasteiger partial charge in [0.25, 0.3) is 5.56 Å². The number of hydrogen-bond donors (Lipinski definition) is 1. The van der Waals surface area contributed by atoms with Gasteiger partial charge in [-0.2, -0.15) is 9.61 Å². The summed E-state index contributed by atoms with van der Waals surface area (Å²) >= 11 is 1.47. The Morgan fingerprint density at radius 2 is 2.19 bits per heavy atom. The molecule has 0 saturated heterocycles. The van der Waals surface area contributed by atoms with Crippen molar-refractivity contribution in [2.75, 3.05) is 19.6 Å². The lowest BCUT2D eigenvalue weighted by Crippen LogP contribution is -2.38. The number of nitrogens with zero attached hydrogens (tertiary/aromatic N) is 4. The van der Waals surface area contributed by atoms with Gasteiger partial charge in [0.2, 0.25) is 4.96 Å². The number of nitrogens with two attached hydrogens (primary N) is 1. The fraction of sp³-hybridized carbons (Fsp3) is 0.643. The largest absolute Gasteiger partial charge is 0.330 e. The van der Waals surface area contributed by atoms with Crippen LogP contribution in [-0.2, 0) is 6.54 Å². The van der Waals surface area contributed by atoms with Crippen LogP contribution in [0.4, 0.5) is 0 Å². The van der Waals surface area contributed by atoms with E-state index in [0.717, 1.165) is 23.8 Å². The van der Waals surface area contributed by atoms with Crippen molar-refractivity contribution in [3.05, 3.63) is 27.1 Å². The zero-order valence-electron chi connectivity index (χ0n) is 13.1. The number of rotatable bonds is 6. The number of hydrogen-bond acceptors (Lipinski definition) is 6. The van der Waals surface area contributed by atoms with E-state index in [2.05, 4.69) is 35.8 Å². The summed E-state index contributed by atoms with van der Waals surface area (Å²) in [5.41, 5.74) is 6.48. The molecule has 0 amide bonds. The monoisotopic (exact) mass is 309 g/mol. The van der Waals surface area contributed by atoms with Gasteiger partial charge in [-0.1, -0.05) is 32.1 Å². The van der Waals surface area contributed by atoms with Gasteiger partial charge < -0.3 is 5.73 Å². The molecule has 0 spiro atoms. The maximum atomic E-state index is 11.9. The second kappa shape index (κ2) is 6.21. The van der Waals surface area contributed by atoms with Crippen LogP contribution in [0.3, 0.4) is 0 Å². The summed E-state index contributed by atoms with van der Waals surface area (Å²) < 4.78 is 1.38. The topological polar surface area (TPSA) is 76.5 Å². The van der Waals surface area contributed by atoms with Crippen LogP contribution in [0.15, 0.2) is 10.9 Å². The third kappa shape index (κ3) is 3.87. The van der Waals surface area contributed by atoms with Crippen molar-refractivity contribution in [1.82, 2.24) is 19.5 Å². The maximum Gasteiger partial charge on any atom is 0.275 e. The number of fused-ring (bicyclic) bond motifs is 1. The Kier molecular flexibility index (Phi) is 4.75. The smallest absolute Gasteiger partial charge is 0.275 e. The molecule has 0 fully saturated rings. The summed E-state index contributed by atoms with van der Waals surface area (Å²) in [5, 5.41) is 5.29. The fourth-order valence-electron chi connectivity index (χ4n) is 2.16. The molecule has 2 aromatic heterocycles. The summed E-state index contributed by atoms with van der Waals surface area (Å²) in [7, 11) is 0. The molecule has 0 aromatic carbocycles. The molecule has 2 N–H and O–H groups in total. The number of aryl methyl sites for hydroxylation is 1. The first-order chi connectivity index (χ1) is 9.84. The van der Waals surface area contributed by atoms with Crippen LogP contribution in [0.2, 0.25) is 0 Å². The van der Waals surface area contributed by atoms with Crippen LogP contribution < -0.4 is 11.3 Å². The van der Waals surface area contributed by atoms with E-state index < -0.39 is 0 Å². The van der Waals surface area contributed by atoms with Crippen molar-refractivity contribution >= 4 is 16.3 Å². The highest BCUT2D eigenvalue weighted by Gasteiger charge is 2.20. The first kappa shape index (κ1) is 16.1. The van der Waals surface area contributed by atoms with Crippen LogP contribution in [0.25, 0.3) is 4.96 Å². The molecule has 0 aliphatic heterocycles. The normalized spacial score (nSPS) is 12.5. The third-order valence-electron chi connectivity index (χ3n) is 3.43. The molecule has 0 radical (unpaired) electrons. The minimum Gasteiger partial charge on any atom is -0.330 e. The van der Waals surface area contributed by atoms with E-state index in [1.54, 1.807) is 0 Å². The highest BCUT2D eigenvalue weighted by molar-refractivity contribution is 7.16. The third-order valence-corrected chi connectivity index (χ3v) is 4.32.